The number of furan rings is 1. The van der Waals surface area contributed by atoms with Crippen molar-refractivity contribution in [2.24, 2.45) is 10.9 Å². The number of carbonyl (C=O) groups excluding carboxylic acids is 1. The first kappa shape index (κ1) is 24.4. The molecule has 0 bridgehead atoms. The fraction of sp³-hybridized carbons (Fsp3) is 0.296. The maximum absolute atomic E-state index is 14.0. The first-order chi connectivity index (χ1) is 16.7. The summed E-state index contributed by atoms with van der Waals surface area (Å²) in [6, 6.07) is 10.3. The summed E-state index contributed by atoms with van der Waals surface area (Å²) in [5, 5.41) is 9.55. The lowest BCUT2D eigenvalue weighted by Gasteiger charge is -2.20. The highest BCUT2D eigenvalue weighted by atomic mass is 19.4. The normalized spacial score (nSPS) is 18.9. The number of carbonyl (C=O) groups is 2. The average Bonchev–Trinajstić information content (AvgIpc) is 3.47. The van der Waals surface area contributed by atoms with Crippen LogP contribution >= 0.6 is 0 Å². The third kappa shape index (κ3) is 5.70. The molecule has 0 spiro atoms. The van der Waals surface area contributed by atoms with E-state index in [9.17, 15) is 27.9 Å². The van der Waals surface area contributed by atoms with Gasteiger partial charge in [0.25, 0.3) is 0 Å². The lowest BCUT2D eigenvalue weighted by molar-refractivity contribution is -0.139. The van der Waals surface area contributed by atoms with E-state index in [0.717, 1.165) is 6.08 Å². The van der Waals surface area contributed by atoms with E-state index in [1.54, 1.807) is 42.5 Å². The number of benzene rings is 1. The Bertz CT molecular complexity index is 1200. The Balaban J connectivity index is 1.50. The molecule has 1 aliphatic heterocycles. The standard InChI is InChI=1S/C27H24F3NO4/c28-27(29,30)22-14-18(20-12-13-35-16-20)8-4-9-19-15-23(31-25(19)22)24(32)11-5-10-21(26(33)34)17-6-2-1-3-7-17/h1-3,6-8,12-16,19,21H,4-5,9-11H2,(H,33,34). The Morgan fingerprint density at radius 2 is 1.94 bits per heavy atom. The van der Waals surface area contributed by atoms with Crippen molar-refractivity contribution in [2.75, 3.05) is 0 Å². The van der Waals surface area contributed by atoms with Crippen molar-refractivity contribution in [1.29, 1.82) is 0 Å². The van der Waals surface area contributed by atoms with Gasteiger partial charge in [-0.25, -0.2) is 4.99 Å². The van der Waals surface area contributed by atoms with Crippen LogP contribution in [-0.2, 0) is 9.59 Å². The molecule has 1 aliphatic carbocycles. The van der Waals surface area contributed by atoms with Crippen LogP contribution in [0, 0.1) is 5.92 Å². The molecule has 2 aliphatic rings. The van der Waals surface area contributed by atoms with Gasteiger partial charge in [-0.05, 0) is 55.0 Å². The largest absolute Gasteiger partial charge is 0.481 e. The van der Waals surface area contributed by atoms with E-state index in [2.05, 4.69) is 4.99 Å². The maximum atomic E-state index is 14.0. The van der Waals surface area contributed by atoms with Crippen molar-refractivity contribution in [1.82, 2.24) is 0 Å². The van der Waals surface area contributed by atoms with Crippen molar-refractivity contribution in [3.05, 3.63) is 89.5 Å². The number of ketones is 1. The molecule has 2 heterocycles. The number of allylic oxidation sites excluding steroid dienone is 6. The van der Waals surface area contributed by atoms with Gasteiger partial charge >= 0.3 is 12.1 Å². The fourth-order valence-electron chi connectivity index (χ4n) is 4.43. The van der Waals surface area contributed by atoms with Crippen LogP contribution in [0.2, 0.25) is 0 Å². The topological polar surface area (TPSA) is 79.9 Å². The number of nitrogens with zero attached hydrogens (tertiary/aromatic N) is 1. The van der Waals surface area contributed by atoms with Gasteiger partial charge < -0.3 is 9.52 Å². The second-order valence-corrected chi connectivity index (χ2v) is 8.58. The van der Waals surface area contributed by atoms with Crippen LogP contribution in [0.5, 0.6) is 0 Å². The first-order valence-electron chi connectivity index (χ1n) is 11.4. The maximum Gasteiger partial charge on any atom is 0.418 e. The van der Waals surface area contributed by atoms with Crippen LogP contribution in [0.1, 0.15) is 49.1 Å². The molecule has 4 rings (SSSR count). The predicted molar refractivity (Wildman–Crippen MR) is 125 cm³/mol. The smallest absolute Gasteiger partial charge is 0.418 e. The first-order valence-corrected chi connectivity index (χ1v) is 11.4. The highest BCUT2D eigenvalue weighted by Crippen LogP contribution is 2.38. The molecule has 0 saturated carbocycles. The number of hydrogen-bond donors (Lipinski definition) is 1. The fourth-order valence-corrected chi connectivity index (χ4v) is 4.43. The second kappa shape index (κ2) is 10.3. The quantitative estimate of drug-likeness (QED) is 0.464. The number of alkyl halides is 3. The molecule has 0 radical (unpaired) electrons. The molecule has 2 aromatic rings. The van der Waals surface area contributed by atoms with Crippen molar-refractivity contribution < 1.29 is 32.3 Å². The molecule has 0 fully saturated rings. The summed E-state index contributed by atoms with van der Waals surface area (Å²) >= 11 is 0. The van der Waals surface area contributed by atoms with Crippen molar-refractivity contribution in [2.45, 2.75) is 44.2 Å². The van der Waals surface area contributed by atoms with Crippen LogP contribution in [0.4, 0.5) is 13.2 Å². The third-order valence-electron chi connectivity index (χ3n) is 6.21. The van der Waals surface area contributed by atoms with Gasteiger partial charge in [-0.3, -0.25) is 9.59 Å². The third-order valence-corrected chi connectivity index (χ3v) is 6.21. The number of hydrogen-bond acceptors (Lipinski definition) is 4. The Hall–Kier alpha value is -3.68. The Morgan fingerprint density at radius 3 is 2.60 bits per heavy atom. The van der Waals surface area contributed by atoms with E-state index in [1.807, 2.05) is 0 Å². The highest BCUT2D eigenvalue weighted by Gasteiger charge is 2.41. The molecular weight excluding hydrogens is 459 g/mol. The lowest BCUT2D eigenvalue weighted by atomic mass is 9.88. The molecule has 1 aromatic carbocycles. The molecule has 2 unspecified atom stereocenters. The summed E-state index contributed by atoms with van der Waals surface area (Å²) in [6.45, 7) is 0. The zero-order valence-electron chi connectivity index (χ0n) is 18.8. The van der Waals surface area contributed by atoms with Crippen LogP contribution in [0.15, 0.2) is 87.8 Å². The van der Waals surface area contributed by atoms with E-state index in [-0.39, 0.29) is 36.5 Å². The van der Waals surface area contributed by atoms with E-state index in [0.29, 0.717) is 29.5 Å². The van der Waals surface area contributed by atoms with E-state index in [4.69, 9.17) is 4.42 Å². The summed E-state index contributed by atoms with van der Waals surface area (Å²) < 4.78 is 47.0. The molecule has 8 heteroatoms. The average molecular weight is 483 g/mol. The van der Waals surface area contributed by atoms with Crippen LogP contribution in [0.3, 0.4) is 0 Å². The monoisotopic (exact) mass is 483 g/mol. The van der Waals surface area contributed by atoms with Gasteiger partial charge in [-0.15, -0.1) is 0 Å². The molecule has 1 N–H and O–H groups in total. The minimum absolute atomic E-state index is 0.00946. The number of carboxylic acid groups (broad SMARTS) is 1. The van der Waals surface area contributed by atoms with Gasteiger partial charge in [-0.2, -0.15) is 13.2 Å². The predicted octanol–water partition coefficient (Wildman–Crippen LogP) is 6.51. The van der Waals surface area contributed by atoms with Crippen LogP contribution < -0.4 is 0 Å². The van der Waals surface area contributed by atoms with E-state index in [1.165, 1.54) is 18.6 Å². The molecule has 5 nitrogen and oxygen atoms in total. The minimum Gasteiger partial charge on any atom is -0.481 e. The number of rotatable bonds is 8. The SMILES string of the molecule is O=C(CCCC(C(=O)O)c1ccccc1)C1=CC2CCC=C(c3ccoc3)C=C(C(F)(F)F)C2=N1. The van der Waals surface area contributed by atoms with Crippen LogP contribution in [0.25, 0.3) is 5.57 Å². The second-order valence-electron chi connectivity index (χ2n) is 8.58. The van der Waals surface area contributed by atoms with Crippen molar-refractivity contribution >= 4 is 23.0 Å². The molecular formula is C27H24F3NO4. The number of Topliss-reactive ketones (excluding diaryl/α,β-unsaturated/α-hetero) is 1. The molecule has 35 heavy (non-hydrogen) atoms. The van der Waals surface area contributed by atoms with Gasteiger partial charge in [-0.1, -0.05) is 36.4 Å². The summed E-state index contributed by atoms with van der Waals surface area (Å²) in [5.41, 5.74) is 0.573. The van der Waals surface area contributed by atoms with E-state index >= 15 is 0 Å². The number of fused-ring (bicyclic) bond motifs is 1. The highest BCUT2D eigenvalue weighted by molar-refractivity contribution is 6.12. The summed E-state index contributed by atoms with van der Waals surface area (Å²) in [6.07, 6.45) is 3.89. The number of aliphatic imine (C=N–C) groups is 1. The van der Waals surface area contributed by atoms with Gasteiger partial charge in [0.05, 0.1) is 29.7 Å². The zero-order valence-corrected chi connectivity index (χ0v) is 18.8. The Kier molecular flexibility index (Phi) is 7.19. The van der Waals surface area contributed by atoms with Gasteiger partial charge in [0.2, 0.25) is 0 Å². The number of halogens is 3. The van der Waals surface area contributed by atoms with Crippen LogP contribution in [-0.4, -0.2) is 28.7 Å². The summed E-state index contributed by atoms with van der Waals surface area (Å²) in [7, 11) is 0. The Labute approximate surface area is 200 Å². The number of aliphatic carboxylic acids is 1. The molecule has 2 atom stereocenters. The van der Waals surface area contributed by atoms with E-state index < -0.39 is 29.6 Å². The molecule has 1 aromatic heterocycles. The zero-order chi connectivity index (χ0) is 25.0. The molecule has 0 amide bonds. The summed E-state index contributed by atoms with van der Waals surface area (Å²) in [4.78, 5) is 28.6. The van der Waals surface area contributed by atoms with Crippen molar-refractivity contribution in [3.8, 4) is 0 Å². The van der Waals surface area contributed by atoms with Gasteiger partial charge in [0, 0.05) is 17.9 Å². The number of carboxylic acids is 1. The van der Waals surface area contributed by atoms with Crippen molar-refractivity contribution in [3.63, 3.8) is 0 Å². The molecule has 0 saturated heterocycles. The molecule has 182 valence electrons. The van der Waals surface area contributed by atoms with Gasteiger partial charge in [0.15, 0.2) is 5.78 Å². The summed E-state index contributed by atoms with van der Waals surface area (Å²) in [5.74, 6) is -2.73. The minimum atomic E-state index is -4.64. The van der Waals surface area contributed by atoms with Gasteiger partial charge in [0.1, 0.15) is 5.70 Å². The lowest BCUT2D eigenvalue weighted by Crippen LogP contribution is -2.25. The Morgan fingerprint density at radius 1 is 1.17 bits per heavy atom.